The van der Waals surface area contributed by atoms with Gasteiger partial charge in [0.2, 0.25) is 0 Å². The topological polar surface area (TPSA) is 41.8 Å². The molecule has 1 N–H and O–H groups in total. The number of aliphatic hydroxyl groups is 1. The second-order valence-corrected chi connectivity index (χ2v) is 4.67. The molecule has 1 aliphatic heterocycles. The van der Waals surface area contributed by atoms with Gasteiger partial charge in [0.05, 0.1) is 5.60 Å². The minimum atomic E-state index is -0.752. The zero-order chi connectivity index (χ0) is 10.9. The van der Waals surface area contributed by atoms with Crippen LogP contribution >= 0.6 is 0 Å². The Kier molecular flexibility index (Phi) is 3.20. The van der Waals surface area contributed by atoms with E-state index in [1.54, 1.807) is 0 Å². The van der Waals surface area contributed by atoms with E-state index in [1.165, 1.54) is 0 Å². The lowest BCUT2D eigenvalue weighted by atomic mass is 9.75. The zero-order valence-electron chi connectivity index (χ0n) is 9.74. The third-order valence-corrected chi connectivity index (χ3v) is 3.17. The van der Waals surface area contributed by atoms with Gasteiger partial charge in [-0.25, -0.2) is 4.99 Å². The molecule has 0 radical (unpaired) electrons. The smallest absolute Gasteiger partial charge is 0.180 e. The number of nitrogens with zero attached hydrogens (tertiary/aromatic N) is 1. The van der Waals surface area contributed by atoms with Crippen LogP contribution in [0.5, 0.6) is 0 Å². The third-order valence-electron chi connectivity index (χ3n) is 3.17. The van der Waals surface area contributed by atoms with Gasteiger partial charge in [-0.3, -0.25) is 0 Å². The fraction of sp³-hybridized carbons (Fsp3) is 0.909. The lowest BCUT2D eigenvalue weighted by molar-refractivity contribution is -0.0711. The summed E-state index contributed by atoms with van der Waals surface area (Å²) in [5.74, 6) is 1.06. The Morgan fingerprint density at radius 2 is 1.86 bits per heavy atom. The largest absolute Gasteiger partial charge is 0.479 e. The number of hydrogen-bond donors (Lipinski definition) is 1. The Morgan fingerprint density at radius 3 is 2.14 bits per heavy atom. The molecule has 14 heavy (non-hydrogen) atoms. The van der Waals surface area contributed by atoms with Crippen molar-refractivity contribution in [2.24, 2.45) is 16.8 Å². The van der Waals surface area contributed by atoms with Crippen LogP contribution in [0, 0.1) is 11.8 Å². The number of ether oxygens (including phenoxy) is 1. The molecule has 82 valence electrons. The summed E-state index contributed by atoms with van der Waals surface area (Å²) in [5, 5.41) is 10.6. The molecular weight excluding hydrogens is 178 g/mol. The molecule has 3 heteroatoms. The van der Waals surface area contributed by atoms with Gasteiger partial charge in [-0.1, -0.05) is 27.7 Å². The van der Waals surface area contributed by atoms with Crippen LogP contribution in [0.3, 0.4) is 0 Å². The van der Waals surface area contributed by atoms with Crippen molar-refractivity contribution in [2.45, 2.75) is 46.3 Å². The second kappa shape index (κ2) is 3.89. The summed E-state index contributed by atoms with van der Waals surface area (Å²) in [6.45, 7) is 10.5. The lowest BCUT2D eigenvalue weighted by Gasteiger charge is -2.38. The molecule has 0 aromatic rings. The minimum Gasteiger partial charge on any atom is -0.479 e. The highest BCUT2D eigenvalue weighted by molar-refractivity contribution is 5.74. The van der Waals surface area contributed by atoms with Crippen LogP contribution < -0.4 is 0 Å². The molecule has 3 nitrogen and oxygen atoms in total. The third kappa shape index (κ3) is 1.78. The first-order valence-corrected chi connectivity index (χ1v) is 5.28. The highest BCUT2D eigenvalue weighted by Crippen LogP contribution is 2.33. The Hall–Kier alpha value is -0.570. The van der Waals surface area contributed by atoms with Crippen LogP contribution in [0.2, 0.25) is 0 Å². The van der Waals surface area contributed by atoms with Gasteiger partial charge in [0, 0.05) is 6.92 Å². The van der Waals surface area contributed by atoms with E-state index in [1.807, 2.05) is 34.6 Å². The number of hydrogen-bond acceptors (Lipinski definition) is 3. The first-order chi connectivity index (χ1) is 6.39. The molecule has 1 heterocycles. The molecule has 0 bridgehead atoms. The SMILES string of the molecule is CC1=NC(C(O)(C(C)C)C(C)C)CO1. The van der Waals surface area contributed by atoms with E-state index >= 15 is 0 Å². The highest BCUT2D eigenvalue weighted by Gasteiger charge is 2.44. The minimum absolute atomic E-state index is 0.109. The van der Waals surface area contributed by atoms with Gasteiger partial charge < -0.3 is 9.84 Å². The maximum absolute atomic E-state index is 10.6. The van der Waals surface area contributed by atoms with Crippen molar-refractivity contribution in [3.05, 3.63) is 0 Å². The summed E-state index contributed by atoms with van der Waals surface area (Å²) in [4.78, 5) is 4.35. The summed E-state index contributed by atoms with van der Waals surface area (Å²) in [6.07, 6.45) is 0. The van der Waals surface area contributed by atoms with E-state index in [0.717, 1.165) is 0 Å². The Balaban J connectivity index is 2.89. The molecule has 0 fully saturated rings. The summed E-state index contributed by atoms with van der Waals surface area (Å²) in [7, 11) is 0. The fourth-order valence-corrected chi connectivity index (χ4v) is 2.17. The van der Waals surface area contributed by atoms with Gasteiger partial charge in [0.25, 0.3) is 0 Å². The first-order valence-electron chi connectivity index (χ1n) is 5.28. The van der Waals surface area contributed by atoms with E-state index in [0.29, 0.717) is 12.5 Å². The van der Waals surface area contributed by atoms with Crippen molar-refractivity contribution in [1.82, 2.24) is 0 Å². The maximum Gasteiger partial charge on any atom is 0.180 e. The lowest BCUT2D eigenvalue weighted by Crippen LogP contribution is -2.51. The number of rotatable bonds is 3. The van der Waals surface area contributed by atoms with Crippen LogP contribution in [-0.2, 0) is 4.74 Å². The van der Waals surface area contributed by atoms with Crippen LogP contribution in [0.25, 0.3) is 0 Å². The average Bonchev–Trinajstić information content (AvgIpc) is 2.49. The average molecular weight is 199 g/mol. The van der Waals surface area contributed by atoms with Crippen LogP contribution in [0.4, 0.5) is 0 Å². The Morgan fingerprint density at radius 1 is 1.36 bits per heavy atom. The molecule has 0 aromatic carbocycles. The molecule has 1 aliphatic rings. The molecule has 0 aliphatic carbocycles. The van der Waals surface area contributed by atoms with Gasteiger partial charge in [-0.15, -0.1) is 0 Å². The summed E-state index contributed by atoms with van der Waals surface area (Å²) in [6, 6.07) is -0.109. The molecule has 0 spiro atoms. The first kappa shape index (κ1) is 11.5. The standard InChI is InChI=1S/C11H21NO2/c1-7(2)11(13,8(3)4)10-6-14-9(5)12-10/h7-8,10,13H,6H2,1-5H3. The van der Waals surface area contributed by atoms with E-state index in [9.17, 15) is 5.11 Å². The zero-order valence-corrected chi connectivity index (χ0v) is 9.74. The molecule has 0 saturated carbocycles. The van der Waals surface area contributed by atoms with Gasteiger partial charge in [-0.05, 0) is 11.8 Å². The Labute approximate surface area is 86.2 Å². The summed E-state index contributed by atoms with van der Waals surface area (Å²) >= 11 is 0. The summed E-state index contributed by atoms with van der Waals surface area (Å²) in [5.41, 5.74) is -0.752. The molecule has 0 aromatic heterocycles. The van der Waals surface area contributed by atoms with Gasteiger partial charge >= 0.3 is 0 Å². The van der Waals surface area contributed by atoms with Crippen molar-refractivity contribution < 1.29 is 9.84 Å². The summed E-state index contributed by atoms with van der Waals surface area (Å²) < 4.78 is 5.30. The molecule has 0 amide bonds. The predicted octanol–water partition coefficient (Wildman–Crippen LogP) is 1.85. The van der Waals surface area contributed by atoms with Crippen LogP contribution in [0.1, 0.15) is 34.6 Å². The molecule has 1 rings (SSSR count). The van der Waals surface area contributed by atoms with E-state index in [2.05, 4.69) is 4.99 Å². The number of aliphatic imine (C=N–C) groups is 1. The normalized spacial score (nSPS) is 22.9. The quantitative estimate of drug-likeness (QED) is 0.753. The monoisotopic (exact) mass is 199 g/mol. The Bertz CT molecular complexity index is 225. The molecule has 1 unspecified atom stereocenters. The van der Waals surface area contributed by atoms with Gasteiger partial charge in [0.15, 0.2) is 5.90 Å². The molecule has 0 saturated heterocycles. The molecule has 1 atom stereocenters. The van der Waals surface area contributed by atoms with Crippen molar-refractivity contribution in [3.8, 4) is 0 Å². The predicted molar refractivity (Wildman–Crippen MR) is 57.5 cm³/mol. The highest BCUT2D eigenvalue weighted by atomic mass is 16.5. The van der Waals surface area contributed by atoms with Crippen LogP contribution in [0.15, 0.2) is 4.99 Å². The van der Waals surface area contributed by atoms with Crippen molar-refractivity contribution in [3.63, 3.8) is 0 Å². The van der Waals surface area contributed by atoms with Crippen LogP contribution in [-0.4, -0.2) is 29.3 Å². The fourth-order valence-electron chi connectivity index (χ4n) is 2.17. The van der Waals surface area contributed by atoms with E-state index in [-0.39, 0.29) is 17.9 Å². The van der Waals surface area contributed by atoms with Gasteiger partial charge in [-0.2, -0.15) is 0 Å². The van der Waals surface area contributed by atoms with Gasteiger partial charge in [0.1, 0.15) is 12.6 Å². The second-order valence-electron chi connectivity index (χ2n) is 4.67. The van der Waals surface area contributed by atoms with E-state index < -0.39 is 5.60 Å². The van der Waals surface area contributed by atoms with Crippen molar-refractivity contribution in [1.29, 1.82) is 0 Å². The molecular formula is C11H21NO2. The van der Waals surface area contributed by atoms with Crippen molar-refractivity contribution >= 4 is 5.90 Å². The van der Waals surface area contributed by atoms with Crippen molar-refractivity contribution in [2.75, 3.05) is 6.61 Å². The van der Waals surface area contributed by atoms with E-state index in [4.69, 9.17) is 4.74 Å². The maximum atomic E-state index is 10.6.